The van der Waals surface area contributed by atoms with Crippen LogP contribution in [0.25, 0.3) is 10.9 Å². The van der Waals surface area contributed by atoms with Gasteiger partial charge in [-0.05, 0) is 44.6 Å². The lowest BCUT2D eigenvalue weighted by Crippen LogP contribution is -1.94. The molecule has 66 valence electrons. The summed E-state index contributed by atoms with van der Waals surface area (Å²) in [5, 5.41) is 1.01. The molecule has 13 heavy (non-hydrogen) atoms. The third-order valence-corrected chi connectivity index (χ3v) is 4.24. The van der Waals surface area contributed by atoms with Crippen LogP contribution in [-0.4, -0.2) is 4.98 Å². The maximum atomic E-state index is 5.94. The van der Waals surface area contributed by atoms with Crippen molar-refractivity contribution in [3.8, 4) is 0 Å². The minimum atomic E-state index is 0.790. The Morgan fingerprint density at radius 2 is 2.00 bits per heavy atom. The number of hydrogen-bond donors (Lipinski definition) is 1. The average Bonchev–Trinajstić information content (AvgIpc) is 2.15. The van der Waals surface area contributed by atoms with Crippen molar-refractivity contribution in [2.75, 3.05) is 5.73 Å². The van der Waals surface area contributed by atoms with Crippen molar-refractivity contribution in [1.82, 2.24) is 4.98 Å². The molecule has 0 amide bonds. The molecular weight excluding hydrogens is 343 g/mol. The summed E-state index contributed by atoms with van der Waals surface area (Å²) < 4.78 is 1.78. The van der Waals surface area contributed by atoms with Crippen molar-refractivity contribution in [3.63, 3.8) is 0 Å². The third-order valence-electron chi connectivity index (χ3n) is 1.83. The molecule has 0 saturated carbocycles. The number of fused-ring (bicyclic) bond motifs is 1. The second kappa shape index (κ2) is 3.42. The maximum absolute atomic E-state index is 5.94. The Morgan fingerprint density at radius 1 is 1.31 bits per heavy atom. The number of nitrogen functional groups attached to an aromatic ring is 1. The molecule has 0 bridgehead atoms. The number of benzene rings is 1. The highest BCUT2D eigenvalue weighted by molar-refractivity contribution is 14.1. The Labute approximate surface area is 97.8 Å². The molecule has 0 unspecified atom stereocenters. The summed E-state index contributed by atoms with van der Waals surface area (Å²) in [6.07, 6.45) is 0. The van der Waals surface area contributed by atoms with Gasteiger partial charge < -0.3 is 5.73 Å². The summed E-state index contributed by atoms with van der Waals surface area (Å²) in [5.41, 5.74) is 7.65. The van der Waals surface area contributed by atoms with E-state index in [2.05, 4.69) is 43.5 Å². The Balaban J connectivity index is 2.94. The maximum Gasteiger partial charge on any atom is 0.122 e. The molecule has 0 aliphatic carbocycles. The van der Waals surface area contributed by atoms with Crippen LogP contribution in [0, 0.1) is 3.57 Å². The van der Waals surface area contributed by atoms with E-state index in [1.54, 1.807) is 0 Å². The van der Waals surface area contributed by atoms with E-state index in [1.165, 1.54) is 0 Å². The standard InChI is InChI=1S/C9H6BrIN2/c10-9-7(11)8(12)5-3-1-2-4-6(5)13-9/h1-4H,(H2,12,13). The van der Waals surface area contributed by atoms with Crippen molar-refractivity contribution in [2.45, 2.75) is 0 Å². The van der Waals surface area contributed by atoms with Gasteiger partial charge in [-0.2, -0.15) is 0 Å². The van der Waals surface area contributed by atoms with Crippen molar-refractivity contribution in [3.05, 3.63) is 32.4 Å². The van der Waals surface area contributed by atoms with Crippen LogP contribution in [0.3, 0.4) is 0 Å². The number of nitrogens with zero attached hydrogens (tertiary/aromatic N) is 1. The van der Waals surface area contributed by atoms with Crippen LogP contribution in [0.1, 0.15) is 0 Å². The van der Waals surface area contributed by atoms with Crippen LogP contribution in [0.15, 0.2) is 28.9 Å². The van der Waals surface area contributed by atoms with E-state index in [9.17, 15) is 0 Å². The molecule has 2 N–H and O–H groups in total. The highest BCUT2D eigenvalue weighted by Gasteiger charge is 2.06. The molecule has 0 radical (unpaired) electrons. The van der Waals surface area contributed by atoms with Crippen molar-refractivity contribution >= 4 is 55.1 Å². The van der Waals surface area contributed by atoms with Crippen molar-refractivity contribution in [2.24, 2.45) is 0 Å². The molecule has 0 saturated heterocycles. The van der Waals surface area contributed by atoms with Gasteiger partial charge >= 0.3 is 0 Å². The SMILES string of the molecule is Nc1c(I)c(Br)nc2ccccc12. The minimum absolute atomic E-state index is 0.790. The first kappa shape index (κ1) is 9.21. The summed E-state index contributed by atoms with van der Waals surface area (Å²) >= 11 is 5.55. The van der Waals surface area contributed by atoms with Crippen LogP contribution < -0.4 is 5.73 Å². The lowest BCUT2D eigenvalue weighted by atomic mass is 10.2. The van der Waals surface area contributed by atoms with Gasteiger partial charge in [-0.3, -0.25) is 0 Å². The van der Waals surface area contributed by atoms with Crippen LogP contribution in [0.2, 0.25) is 0 Å². The fraction of sp³-hybridized carbons (Fsp3) is 0. The molecule has 0 aliphatic rings. The van der Waals surface area contributed by atoms with Crippen LogP contribution in [0.4, 0.5) is 5.69 Å². The highest BCUT2D eigenvalue weighted by atomic mass is 127. The van der Waals surface area contributed by atoms with Gasteiger partial charge in [-0.1, -0.05) is 18.2 Å². The zero-order chi connectivity index (χ0) is 9.42. The van der Waals surface area contributed by atoms with Crippen LogP contribution >= 0.6 is 38.5 Å². The zero-order valence-electron chi connectivity index (χ0n) is 6.59. The van der Waals surface area contributed by atoms with Gasteiger partial charge in [-0.15, -0.1) is 0 Å². The third kappa shape index (κ3) is 1.52. The van der Waals surface area contributed by atoms with Gasteiger partial charge in [0.25, 0.3) is 0 Å². The first-order chi connectivity index (χ1) is 6.20. The average molecular weight is 349 g/mol. The molecule has 0 spiro atoms. The Bertz CT molecular complexity index is 470. The van der Waals surface area contributed by atoms with Crippen LogP contribution in [0.5, 0.6) is 0 Å². The second-order valence-corrected chi connectivity index (χ2v) is 4.48. The van der Waals surface area contributed by atoms with E-state index in [4.69, 9.17) is 5.73 Å². The zero-order valence-corrected chi connectivity index (χ0v) is 10.3. The lowest BCUT2D eigenvalue weighted by molar-refractivity contribution is 1.33. The monoisotopic (exact) mass is 348 g/mol. The Morgan fingerprint density at radius 3 is 2.77 bits per heavy atom. The summed E-state index contributed by atoms with van der Waals surface area (Å²) in [4.78, 5) is 4.37. The molecule has 1 heterocycles. The van der Waals surface area contributed by atoms with E-state index in [0.717, 1.165) is 24.8 Å². The first-order valence-corrected chi connectivity index (χ1v) is 5.56. The van der Waals surface area contributed by atoms with Crippen LogP contribution in [-0.2, 0) is 0 Å². The molecule has 0 aliphatic heterocycles. The predicted molar refractivity (Wildman–Crippen MR) is 66.6 cm³/mol. The van der Waals surface area contributed by atoms with E-state index in [-0.39, 0.29) is 0 Å². The normalized spacial score (nSPS) is 10.6. The highest BCUT2D eigenvalue weighted by Crippen LogP contribution is 2.29. The fourth-order valence-corrected chi connectivity index (χ4v) is 2.00. The number of anilines is 1. The number of hydrogen-bond acceptors (Lipinski definition) is 2. The molecule has 1 aromatic carbocycles. The van der Waals surface area contributed by atoms with E-state index in [0.29, 0.717) is 0 Å². The number of aromatic nitrogens is 1. The fourth-order valence-electron chi connectivity index (χ4n) is 1.18. The quantitative estimate of drug-likeness (QED) is 0.586. The molecule has 0 fully saturated rings. The van der Waals surface area contributed by atoms with Gasteiger partial charge in [0.15, 0.2) is 0 Å². The molecule has 1 aromatic heterocycles. The van der Waals surface area contributed by atoms with E-state index >= 15 is 0 Å². The smallest absolute Gasteiger partial charge is 0.122 e. The van der Waals surface area contributed by atoms with Crippen molar-refractivity contribution in [1.29, 1.82) is 0 Å². The van der Waals surface area contributed by atoms with Gasteiger partial charge in [0.2, 0.25) is 0 Å². The largest absolute Gasteiger partial charge is 0.397 e. The molecule has 2 nitrogen and oxygen atoms in total. The number of nitrogens with two attached hydrogens (primary N) is 1. The topological polar surface area (TPSA) is 38.9 Å². The summed E-state index contributed by atoms with van der Waals surface area (Å²) in [7, 11) is 0. The summed E-state index contributed by atoms with van der Waals surface area (Å²) in [5.74, 6) is 0. The molecule has 4 heteroatoms. The Hall–Kier alpha value is -0.360. The van der Waals surface area contributed by atoms with Gasteiger partial charge in [0.05, 0.1) is 14.8 Å². The predicted octanol–water partition coefficient (Wildman–Crippen LogP) is 3.18. The van der Waals surface area contributed by atoms with Gasteiger partial charge in [0, 0.05) is 5.39 Å². The number of halogens is 2. The lowest BCUT2D eigenvalue weighted by Gasteiger charge is -2.04. The molecular formula is C9H6BrIN2. The summed E-state index contributed by atoms with van der Waals surface area (Å²) in [6, 6.07) is 7.84. The number of pyridine rings is 1. The minimum Gasteiger partial charge on any atom is -0.397 e. The number of para-hydroxylation sites is 1. The van der Waals surface area contributed by atoms with Gasteiger partial charge in [-0.25, -0.2) is 4.98 Å². The molecule has 0 atom stereocenters. The van der Waals surface area contributed by atoms with E-state index < -0.39 is 0 Å². The summed E-state index contributed by atoms with van der Waals surface area (Å²) in [6.45, 7) is 0. The number of rotatable bonds is 0. The molecule has 2 rings (SSSR count). The van der Waals surface area contributed by atoms with Gasteiger partial charge in [0.1, 0.15) is 4.60 Å². The second-order valence-electron chi connectivity index (χ2n) is 2.65. The Kier molecular flexibility index (Phi) is 2.42. The van der Waals surface area contributed by atoms with E-state index in [1.807, 2.05) is 24.3 Å². The molecule has 2 aromatic rings. The van der Waals surface area contributed by atoms with Crippen molar-refractivity contribution < 1.29 is 0 Å². The first-order valence-electron chi connectivity index (χ1n) is 3.69.